The van der Waals surface area contributed by atoms with Gasteiger partial charge in [0.2, 0.25) is 0 Å². The lowest BCUT2D eigenvalue weighted by Gasteiger charge is -2.10. The molecule has 0 radical (unpaired) electrons. The molecule has 0 fully saturated rings. The Balaban J connectivity index is 2.51. The molecule has 18 heavy (non-hydrogen) atoms. The van der Waals surface area contributed by atoms with E-state index in [1.165, 1.54) is 25.1 Å². The molecule has 0 atom stereocenters. The Morgan fingerprint density at radius 3 is 2.56 bits per heavy atom. The molecule has 0 aliphatic heterocycles. The van der Waals surface area contributed by atoms with Crippen LogP contribution in [-0.4, -0.2) is 25.4 Å². The SMILES string of the molecule is CC(=O)c1ccc(OCOCC(F)(F)F)c(Cl)c1. The van der Waals surface area contributed by atoms with Crippen molar-refractivity contribution in [2.45, 2.75) is 13.1 Å². The number of hydrogen-bond donors (Lipinski definition) is 0. The second-order valence-electron chi connectivity index (χ2n) is 3.43. The molecule has 3 nitrogen and oxygen atoms in total. The maximum atomic E-state index is 11.8. The first-order chi connectivity index (χ1) is 8.29. The Kier molecular flexibility index (Phi) is 4.98. The summed E-state index contributed by atoms with van der Waals surface area (Å²) >= 11 is 5.79. The number of Topliss-reactive ketones (excluding diaryl/α,β-unsaturated/α-hetero) is 1. The van der Waals surface area contributed by atoms with E-state index in [9.17, 15) is 18.0 Å². The molecule has 0 aromatic heterocycles. The third kappa shape index (κ3) is 4.93. The van der Waals surface area contributed by atoms with Gasteiger partial charge < -0.3 is 9.47 Å². The van der Waals surface area contributed by atoms with Gasteiger partial charge in [-0.1, -0.05) is 11.6 Å². The Morgan fingerprint density at radius 2 is 2.06 bits per heavy atom. The van der Waals surface area contributed by atoms with Crippen LogP contribution in [0.5, 0.6) is 5.75 Å². The van der Waals surface area contributed by atoms with Gasteiger partial charge in [-0.15, -0.1) is 0 Å². The third-order valence-corrected chi connectivity index (χ3v) is 2.20. The van der Waals surface area contributed by atoms with E-state index in [4.69, 9.17) is 16.3 Å². The quantitative estimate of drug-likeness (QED) is 0.471. The minimum Gasteiger partial charge on any atom is -0.466 e. The summed E-state index contributed by atoms with van der Waals surface area (Å²) in [6.07, 6.45) is -4.40. The van der Waals surface area contributed by atoms with E-state index in [1.807, 2.05) is 0 Å². The van der Waals surface area contributed by atoms with Gasteiger partial charge in [-0.25, -0.2) is 0 Å². The molecule has 0 aliphatic rings. The van der Waals surface area contributed by atoms with Crippen molar-refractivity contribution in [3.8, 4) is 5.75 Å². The second-order valence-corrected chi connectivity index (χ2v) is 3.83. The maximum Gasteiger partial charge on any atom is 0.411 e. The Morgan fingerprint density at radius 1 is 1.39 bits per heavy atom. The third-order valence-electron chi connectivity index (χ3n) is 1.90. The minimum absolute atomic E-state index is 0.137. The zero-order chi connectivity index (χ0) is 13.8. The molecule has 0 amide bonds. The van der Waals surface area contributed by atoms with Crippen LogP contribution < -0.4 is 4.74 Å². The molecule has 0 heterocycles. The molecule has 0 saturated carbocycles. The van der Waals surface area contributed by atoms with Crippen molar-refractivity contribution in [2.24, 2.45) is 0 Å². The molecule has 0 spiro atoms. The fraction of sp³-hybridized carbons (Fsp3) is 0.364. The molecule has 1 rings (SSSR count). The highest BCUT2D eigenvalue weighted by atomic mass is 35.5. The molecule has 1 aromatic carbocycles. The molecule has 1 aromatic rings. The first-order valence-corrected chi connectivity index (χ1v) is 5.25. The number of rotatable bonds is 5. The summed E-state index contributed by atoms with van der Waals surface area (Å²) in [5.41, 5.74) is 0.392. The maximum absolute atomic E-state index is 11.8. The van der Waals surface area contributed by atoms with Crippen molar-refractivity contribution in [3.05, 3.63) is 28.8 Å². The molecular formula is C11H10ClF3O3. The van der Waals surface area contributed by atoms with Crippen molar-refractivity contribution >= 4 is 17.4 Å². The zero-order valence-electron chi connectivity index (χ0n) is 9.38. The first kappa shape index (κ1) is 14.8. The molecular weight excluding hydrogens is 273 g/mol. The van der Waals surface area contributed by atoms with Crippen molar-refractivity contribution in [3.63, 3.8) is 0 Å². The summed E-state index contributed by atoms with van der Waals surface area (Å²) < 4.78 is 44.4. The standard InChI is InChI=1S/C11H10ClF3O3/c1-7(16)8-2-3-10(9(12)4-8)18-6-17-5-11(13,14)15/h2-4H,5-6H2,1H3. The normalized spacial score (nSPS) is 11.4. The molecule has 0 N–H and O–H groups in total. The summed E-state index contributed by atoms with van der Waals surface area (Å²) in [6.45, 7) is -0.590. The summed E-state index contributed by atoms with van der Waals surface area (Å²) in [4.78, 5) is 11.0. The van der Waals surface area contributed by atoms with E-state index >= 15 is 0 Å². The molecule has 0 bridgehead atoms. The monoisotopic (exact) mass is 282 g/mol. The Hall–Kier alpha value is -1.27. The van der Waals surface area contributed by atoms with E-state index in [2.05, 4.69) is 4.74 Å². The summed E-state index contributed by atoms with van der Waals surface area (Å²) in [6, 6.07) is 4.24. The number of carbonyl (C=O) groups excluding carboxylic acids is 1. The number of halogens is 4. The van der Waals surface area contributed by atoms with Gasteiger partial charge in [0.15, 0.2) is 12.6 Å². The predicted molar refractivity (Wildman–Crippen MR) is 59.0 cm³/mol. The van der Waals surface area contributed by atoms with E-state index in [0.717, 1.165) is 0 Å². The average molecular weight is 283 g/mol. The van der Waals surface area contributed by atoms with Crippen molar-refractivity contribution in [1.82, 2.24) is 0 Å². The largest absolute Gasteiger partial charge is 0.466 e. The van der Waals surface area contributed by atoms with E-state index in [1.54, 1.807) is 0 Å². The number of benzene rings is 1. The van der Waals surface area contributed by atoms with Crippen LogP contribution in [0.15, 0.2) is 18.2 Å². The number of ketones is 1. The van der Waals surface area contributed by atoms with Crippen LogP contribution in [0.25, 0.3) is 0 Å². The van der Waals surface area contributed by atoms with Crippen molar-refractivity contribution in [1.29, 1.82) is 0 Å². The van der Waals surface area contributed by atoms with Crippen LogP contribution in [0.1, 0.15) is 17.3 Å². The highest BCUT2D eigenvalue weighted by molar-refractivity contribution is 6.32. The predicted octanol–water partition coefficient (Wildman–Crippen LogP) is 3.46. The molecule has 0 unspecified atom stereocenters. The van der Waals surface area contributed by atoms with Crippen LogP contribution in [0.4, 0.5) is 13.2 Å². The van der Waals surface area contributed by atoms with E-state index in [-0.39, 0.29) is 16.6 Å². The van der Waals surface area contributed by atoms with E-state index in [0.29, 0.717) is 5.56 Å². The lowest BCUT2D eigenvalue weighted by molar-refractivity contribution is -0.186. The topological polar surface area (TPSA) is 35.5 Å². The average Bonchev–Trinajstić information content (AvgIpc) is 2.24. The van der Waals surface area contributed by atoms with Crippen LogP contribution in [0.3, 0.4) is 0 Å². The van der Waals surface area contributed by atoms with E-state index < -0.39 is 19.6 Å². The van der Waals surface area contributed by atoms with Crippen molar-refractivity contribution < 1.29 is 27.4 Å². The highest BCUT2D eigenvalue weighted by Crippen LogP contribution is 2.25. The highest BCUT2D eigenvalue weighted by Gasteiger charge is 2.27. The number of carbonyl (C=O) groups is 1. The van der Waals surface area contributed by atoms with Crippen molar-refractivity contribution in [2.75, 3.05) is 13.4 Å². The lowest BCUT2D eigenvalue weighted by Crippen LogP contribution is -2.19. The summed E-state index contributed by atoms with van der Waals surface area (Å²) in [5, 5.41) is 0.137. The van der Waals surface area contributed by atoms with Gasteiger partial charge in [-0.2, -0.15) is 13.2 Å². The van der Waals surface area contributed by atoms with Gasteiger partial charge in [0, 0.05) is 5.56 Å². The first-order valence-electron chi connectivity index (χ1n) is 4.87. The minimum atomic E-state index is -4.40. The fourth-order valence-corrected chi connectivity index (χ4v) is 1.33. The zero-order valence-corrected chi connectivity index (χ0v) is 10.1. The van der Waals surface area contributed by atoms with Gasteiger partial charge in [0.1, 0.15) is 12.4 Å². The van der Waals surface area contributed by atoms with Gasteiger partial charge in [0.25, 0.3) is 0 Å². The molecule has 7 heteroatoms. The molecule has 100 valence electrons. The van der Waals surface area contributed by atoms with Gasteiger partial charge in [-0.05, 0) is 25.1 Å². The summed E-state index contributed by atoms with van der Waals surface area (Å²) in [5.74, 6) is -0.0133. The van der Waals surface area contributed by atoms with Crippen LogP contribution in [0.2, 0.25) is 5.02 Å². The van der Waals surface area contributed by atoms with Gasteiger partial charge in [0.05, 0.1) is 5.02 Å². The fourth-order valence-electron chi connectivity index (χ4n) is 1.10. The van der Waals surface area contributed by atoms with Gasteiger partial charge >= 0.3 is 6.18 Å². The number of hydrogen-bond acceptors (Lipinski definition) is 3. The number of ether oxygens (including phenoxy) is 2. The second kappa shape index (κ2) is 6.06. The van der Waals surface area contributed by atoms with Crippen LogP contribution in [0, 0.1) is 0 Å². The number of alkyl halides is 3. The molecule has 0 saturated heterocycles. The smallest absolute Gasteiger partial charge is 0.411 e. The Bertz CT molecular complexity index is 432. The van der Waals surface area contributed by atoms with Crippen LogP contribution >= 0.6 is 11.6 Å². The lowest BCUT2D eigenvalue weighted by atomic mass is 10.1. The van der Waals surface area contributed by atoms with Gasteiger partial charge in [-0.3, -0.25) is 4.79 Å². The van der Waals surface area contributed by atoms with Crippen LogP contribution in [-0.2, 0) is 4.74 Å². The molecule has 0 aliphatic carbocycles. The Labute approximate surface area is 106 Å². The summed E-state index contributed by atoms with van der Waals surface area (Å²) in [7, 11) is 0.